The minimum atomic E-state index is -0.244. The van der Waals surface area contributed by atoms with E-state index < -0.39 is 0 Å². The fourth-order valence-corrected chi connectivity index (χ4v) is 3.61. The van der Waals surface area contributed by atoms with E-state index in [4.69, 9.17) is 0 Å². The van der Waals surface area contributed by atoms with Gasteiger partial charge >= 0.3 is 0 Å². The van der Waals surface area contributed by atoms with E-state index in [1.165, 1.54) is 0 Å². The van der Waals surface area contributed by atoms with Gasteiger partial charge in [-0.2, -0.15) is 0 Å². The van der Waals surface area contributed by atoms with Gasteiger partial charge in [0.05, 0.1) is 23.2 Å². The number of amides is 1. The summed E-state index contributed by atoms with van der Waals surface area (Å²) in [5.41, 5.74) is 0.889. The molecule has 1 aromatic rings. The van der Waals surface area contributed by atoms with Crippen LogP contribution in [-0.4, -0.2) is 40.6 Å². The normalized spacial score (nSPS) is 22.5. The van der Waals surface area contributed by atoms with Gasteiger partial charge in [-0.25, -0.2) is 4.98 Å². The molecule has 0 bridgehead atoms. The number of aliphatic hydroxyl groups is 1. The van der Waals surface area contributed by atoms with Crippen molar-refractivity contribution in [3.05, 3.63) is 16.1 Å². The van der Waals surface area contributed by atoms with Crippen LogP contribution in [0.4, 0.5) is 0 Å². The van der Waals surface area contributed by atoms with E-state index in [9.17, 15) is 9.90 Å². The third-order valence-electron chi connectivity index (χ3n) is 4.08. The van der Waals surface area contributed by atoms with E-state index in [2.05, 4.69) is 25.8 Å². The first-order valence-corrected chi connectivity index (χ1v) is 8.52. The molecule has 1 heterocycles. The van der Waals surface area contributed by atoms with Crippen LogP contribution >= 0.6 is 11.3 Å². The first-order chi connectivity index (χ1) is 9.77. The molecule has 1 N–H and O–H groups in total. The van der Waals surface area contributed by atoms with E-state index in [-0.39, 0.29) is 23.3 Å². The summed E-state index contributed by atoms with van der Waals surface area (Å²) in [7, 11) is 1.82. The second kappa shape index (κ2) is 6.44. The first kappa shape index (κ1) is 16.4. The number of nitrogens with zero attached hydrogens (tertiary/aromatic N) is 2. The van der Waals surface area contributed by atoms with Crippen LogP contribution in [0, 0.1) is 5.92 Å². The Morgan fingerprint density at radius 3 is 2.71 bits per heavy atom. The average Bonchev–Trinajstić information content (AvgIpc) is 2.99. The Morgan fingerprint density at radius 2 is 2.19 bits per heavy atom. The van der Waals surface area contributed by atoms with Crippen molar-refractivity contribution in [2.45, 2.75) is 58.0 Å². The molecule has 0 saturated heterocycles. The summed E-state index contributed by atoms with van der Waals surface area (Å²) in [6.07, 6.45) is 3.06. The summed E-state index contributed by atoms with van der Waals surface area (Å²) in [5.74, 6) is 0.319. The summed E-state index contributed by atoms with van der Waals surface area (Å²) >= 11 is 1.62. The molecule has 2 unspecified atom stereocenters. The standard InChI is InChI=1S/C16H26N2O2S/c1-16(2,3)15-17-12(10-21-15)8-14(20)18(4)9-11-6-5-7-13(11)19/h10-11,13,19H,5-9H2,1-4H3. The van der Waals surface area contributed by atoms with E-state index in [1.54, 1.807) is 16.2 Å². The van der Waals surface area contributed by atoms with Gasteiger partial charge in [0.1, 0.15) is 0 Å². The highest BCUT2D eigenvalue weighted by Crippen LogP contribution is 2.27. The highest BCUT2D eigenvalue weighted by molar-refractivity contribution is 7.09. The molecule has 1 aliphatic carbocycles. The average molecular weight is 310 g/mol. The number of rotatable bonds is 4. The molecule has 1 fully saturated rings. The Labute approximate surface area is 131 Å². The maximum atomic E-state index is 12.3. The van der Waals surface area contributed by atoms with Crippen LogP contribution < -0.4 is 0 Å². The Morgan fingerprint density at radius 1 is 1.48 bits per heavy atom. The number of aromatic nitrogens is 1. The van der Waals surface area contributed by atoms with Gasteiger partial charge in [-0.15, -0.1) is 11.3 Å². The summed E-state index contributed by atoms with van der Waals surface area (Å²) in [6.45, 7) is 7.04. The zero-order chi connectivity index (χ0) is 15.6. The van der Waals surface area contributed by atoms with Crippen molar-refractivity contribution in [2.24, 2.45) is 5.92 Å². The Bertz CT molecular complexity index is 493. The van der Waals surface area contributed by atoms with Crippen LogP contribution in [0.2, 0.25) is 0 Å². The largest absolute Gasteiger partial charge is 0.393 e. The molecule has 0 spiro atoms. The van der Waals surface area contributed by atoms with E-state index >= 15 is 0 Å². The minimum absolute atomic E-state index is 0.0336. The van der Waals surface area contributed by atoms with Gasteiger partial charge in [0.15, 0.2) is 0 Å². The third-order valence-corrected chi connectivity index (χ3v) is 5.40. The number of likely N-dealkylation sites (N-methyl/N-ethyl adjacent to an activating group) is 1. The highest BCUT2D eigenvalue weighted by Gasteiger charge is 2.27. The molecule has 118 valence electrons. The number of hydrogen-bond acceptors (Lipinski definition) is 4. The van der Waals surface area contributed by atoms with Crippen LogP contribution in [0.25, 0.3) is 0 Å². The minimum Gasteiger partial charge on any atom is -0.393 e. The molecule has 1 amide bonds. The van der Waals surface area contributed by atoms with Gasteiger partial charge in [-0.3, -0.25) is 4.79 Å². The lowest BCUT2D eigenvalue weighted by atomic mass is 9.98. The quantitative estimate of drug-likeness (QED) is 0.930. The summed E-state index contributed by atoms with van der Waals surface area (Å²) in [6, 6.07) is 0. The third kappa shape index (κ3) is 4.27. The van der Waals surface area contributed by atoms with Crippen molar-refractivity contribution in [1.29, 1.82) is 0 Å². The molecule has 2 atom stereocenters. The summed E-state index contributed by atoms with van der Waals surface area (Å²) in [5, 5.41) is 12.9. The molecule has 1 aromatic heterocycles. The van der Waals surface area contributed by atoms with Crippen molar-refractivity contribution in [2.75, 3.05) is 13.6 Å². The molecule has 4 nitrogen and oxygen atoms in total. The molecular formula is C16H26N2O2S. The molecule has 0 radical (unpaired) electrons. The molecule has 0 aliphatic heterocycles. The smallest absolute Gasteiger partial charge is 0.228 e. The van der Waals surface area contributed by atoms with Gasteiger partial charge in [-0.05, 0) is 12.8 Å². The van der Waals surface area contributed by atoms with Gasteiger partial charge in [-0.1, -0.05) is 27.2 Å². The van der Waals surface area contributed by atoms with Gasteiger partial charge in [0.25, 0.3) is 0 Å². The Kier molecular flexibility index (Phi) is 5.04. The maximum Gasteiger partial charge on any atom is 0.228 e. The molecule has 1 saturated carbocycles. The fourth-order valence-electron chi connectivity index (χ4n) is 2.71. The van der Waals surface area contributed by atoms with E-state index in [0.717, 1.165) is 30.0 Å². The van der Waals surface area contributed by atoms with Gasteiger partial charge < -0.3 is 10.0 Å². The molecular weight excluding hydrogens is 284 g/mol. The number of thiazole rings is 1. The van der Waals surface area contributed by atoms with Crippen LogP contribution in [-0.2, 0) is 16.6 Å². The topological polar surface area (TPSA) is 53.4 Å². The van der Waals surface area contributed by atoms with Crippen molar-refractivity contribution in [3.8, 4) is 0 Å². The van der Waals surface area contributed by atoms with Gasteiger partial charge in [0.2, 0.25) is 5.91 Å². The zero-order valence-electron chi connectivity index (χ0n) is 13.4. The molecule has 1 aliphatic rings. The van der Waals surface area contributed by atoms with Crippen LogP contribution in [0.3, 0.4) is 0 Å². The van der Waals surface area contributed by atoms with Crippen molar-refractivity contribution >= 4 is 17.2 Å². The monoisotopic (exact) mass is 310 g/mol. The zero-order valence-corrected chi connectivity index (χ0v) is 14.2. The molecule has 2 rings (SSSR count). The lowest BCUT2D eigenvalue weighted by Crippen LogP contribution is -2.35. The highest BCUT2D eigenvalue weighted by atomic mass is 32.1. The molecule has 0 aromatic carbocycles. The van der Waals surface area contributed by atoms with Crippen LogP contribution in [0.15, 0.2) is 5.38 Å². The molecule has 21 heavy (non-hydrogen) atoms. The Hall–Kier alpha value is -0.940. The number of aliphatic hydroxyl groups excluding tert-OH is 1. The van der Waals surface area contributed by atoms with Crippen molar-refractivity contribution in [1.82, 2.24) is 9.88 Å². The number of carbonyl (C=O) groups is 1. The fraction of sp³-hybridized carbons (Fsp3) is 0.750. The molecule has 5 heteroatoms. The predicted octanol–water partition coefficient (Wildman–Crippen LogP) is 2.60. The Balaban J connectivity index is 1.90. The predicted molar refractivity (Wildman–Crippen MR) is 85.5 cm³/mol. The number of carbonyl (C=O) groups excluding carboxylic acids is 1. The van der Waals surface area contributed by atoms with E-state index in [0.29, 0.717) is 13.0 Å². The van der Waals surface area contributed by atoms with Gasteiger partial charge in [0, 0.05) is 30.3 Å². The van der Waals surface area contributed by atoms with E-state index in [1.807, 2.05) is 12.4 Å². The number of hydrogen-bond donors (Lipinski definition) is 1. The van der Waals surface area contributed by atoms with Crippen molar-refractivity contribution < 1.29 is 9.90 Å². The SMILES string of the molecule is CN(CC1CCCC1O)C(=O)Cc1csc(C(C)(C)C)n1. The maximum absolute atomic E-state index is 12.3. The lowest BCUT2D eigenvalue weighted by molar-refractivity contribution is -0.130. The summed E-state index contributed by atoms with van der Waals surface area (Å²) < 4.78 is 0. The first-order valence-electron chi connectivity index (χ1n) is 7.64. The lowest BCUT2D eigenvalue weighted by Gasteiger charge is -2.23. The van der Waals surface area contributed by atoms with Crippen LogP contribution in [0.5, 0.6) is 0 Å². The second-order valence-electron chi connectivity index (χ2n) is 7.10. The van der Waals surface area contributed by atoms with Crippen molar-refractivity contribution in [3.63, 3.8) is 0 Å². The second-order valence-corrected chi connectivity index (χ2v) is 7.96. The summed E-state index contributed by atoms with van der Waals surface area (Å²) in [4.78, 5) is 18.6. The van der Waals surface area contributed by atoms with Crippen LogP contribution in [0.1, 0.15) is 50.7 Å².